The Hall–Kier alpha value is -2.81. The van der Waals surface area contributed by atoms with Crippen molar-refractivity contribution in [2.75, 3.05) is 47.5 Å². The van der Waals surface area contributed by atoms with Crippen LogP contribution in [0, 0.1) is 0 Å². The standard InChI is InChI=1S/C59H104NO8P/c1-6-8-10-12-14-16-18-20-22-23-24-25-26-27-28-29-30-31-32-33-34-35-36-37-38-40-42-44-46-48-50-52-59(62)68-57(56-67-69(63,64)66-54-53-60(3,4)5)55-65-58(61)51-49-47-45-43-41-39-21-19-17-15-13-11-9-7-2/h8,10,14,16,19-22,24-25,27-28,30-31,57H,6-7,9,11-13,15,17-18,23,26,29,32-56H2,1-5H3/p+1/b10-8-,16-14-,21-19-,22-20-,25-24-,28-27-,31-30-. The van der Waals surface area contributed by atoms with Crippen molar-refractivity contribution in [1.29, 1.82) is 0 Å². The largest absolute Gasteiger partial charge is 0.472 e. The molecule has 0 fully saturated rings. The molecule has 0 saturated carbocycles. The molecule has 0 aromatic heterocycles. The molecule has 0 aliphatic carbocycles. The van der Waals surface area contributed by atoms with Crippen LogP contribution in [0.5, 0.6) is 0 Å². The van der Waals surface area contributed by atoms with Gasteiger partial charge in [0.1, 0.15) is 19.8 Å². The van der Waals surface area contributed by atoms with Gasteiger partial charge in [-0.05, 0) is 89.9 Å². The maximum Gasteiger partial charge on any atom is 0.472 e. The first-order chi connectivity index (χ1) is 33.5. The third-order valence-corrected chi connectivity index (χ3v) is 12.6. The third kappa shape index (κ3) is 54.4. The van der Waals surface area contributed by atoms with E-state index in [-0.39, 0.29) is 32.0 Å². The fraction of sp³-hybridized carbons (Fsp3) is 0.729. The van der Waals surface area contributed by atoms with E-state index in [1.165, 1.54) is 96.3 Å². The number of carbonyl (C=O) groups excluding carboxylic acids is 2. The monoisotopic (exact) mass is 987 g/mol. The highest BCUT2D eigenvalue weighted by atomic mass is 31.2. The molecule has 1 N–H and O–H groups in total. The summed E-state index contributed by atoms with van der Waals surface area (Å²) in [5, 5.41) is 0. The van der Waals surface area contributed by atoms with E-state index < -0.39 is 26.5 Å². The molecule has 0 amide bonds. The molecular weight excluding hydrogens is 882 g/mol. The quantitative estimate of drug-likeness (QED) is 0.0211. The number of allylic oxidation sites excluding steroid dienone is 14. The molecule has 2 unspecified atom stereocenters. The summed E-state index contributed by atoms with van der Waals surface area (Å²) >= 11 is 0. The summed E-state index contributed by atoms with van der Waals surface area (Å²) in [6.45, 7) is 4.30. The Morgan fingerprint density at radius 1 is 0.464 bits per heavy atom. The SMILES string of the molecule is CC/C=C\C/C=C\C/C=C\C/C=C\C/C=C\C/C=C\CCCCCCCCCCCCCCC(=O)OC(COC(=O)CCCCCCC/C=C\CCCCCCC)COP(=O)(O)OCC[N+](C)(C)C. The summed E-state index contributed by atoms with van der Waals surface area (Å²) in [6, 6.07) is 0. The topological polar surface area (TPSA) is 108 Å². The number of unbranched alkanes of at least 4 members (excludes halogenated alkanes) is 22. The average molecular weight is 987 g/mol. The van der Waals surface area contributed by atoms with Crippen LogP contribution in [0.1, 0.15) is 226 Å². The number of likely N-dealkylation sites (N-methyl/N-ethyl adjacent to an activating group) is 1. The highest BCUT2D eigenvalue weighted by molar-refractivity contribution is 7.47. The van der Waals surface area contributed by atoms with Crippen molar-refractivity contribution in [3.63, 3.8) is 0 Å². The Morgan fingerprint density at radius 2 is 0.826 bits per heavy atom. The second-order valence-electron chi connectivity index (χ2n) is 19.6. The highest BCUT2D eigenvalue weighted by Gasteiger charge is 2.27. The summed E-state index contributed by atoms with van der Waals surface area (Å²) in [4.78, 5) is 35.6. The third-order valence-electron chi connectivity index (χ3n) is 11.7. The van der Waals surface area contributed by atoms with Crippen molar-refractivity contribution in [1.82, 2.24) is 0 Å². The minimum atomic E-state index is -4.39. The van der Waals surface area contributed by atoms with E-state index in [1.807, 2.05) is 21.1 Å². The van der Waals surface area contributed by atoms with Crippen LogP contribution in [-0.2, 0) is 32.7 Å². The number of ether oxygens (including phenoxy) is 2. The zero-order valence-corrected chi connectivity index (χ0v) is 45.9. The predicted molar refractivity (Wildman–Crippen MR) is 293 cm³/mol. The summed E-state index contributed by atoms with van der Waals surface area (Å²) in [7, 11) is 1.47. The molecule has 0 bridgehead atoms. The number of hydrogen-bond acceptors (Lipinski definition) is 7. The van der Waals surface area contributed by atoms with E-state index in [0.29, 0.717) is 17.4 Å². The van der Waals surface area contributed by atoms with E-state index in [4.69, 9.17) is 18.5 Å². The lowest BCUT2D eigenvalue weighted by Gasteiger charge is -2.24. The molecule has 0 aromatic rings. The number of hydrogen-bond donors (Lipinski definition) is 1. The molecule has 9 nitrogen and oxygen atoms in total. The Bertz CT molecular complexity index is 1440. The molecule has 0 aliphatic rings. The van der Waals surface area contributed by atoms with Crippen LogP contribution in [0.25, 0.3) is 0 Å². The summed E-state index contributed by atoms with van der Waals surface area (Å²) in [6.07, 6.45) is 66.5. The molecule has 0 aromatic carbocycles. The van der Waals surface area contributed by atoms with Crippen molar-refractivity contribution in [3.8, 4) is 0 Å². The summed E-state index contributed by atoms with van der Waals surface area (Å²) < 4.78 is 34.5. The molecule has 0 saturated heterocycles. The van der Waals surface area contributed by atoms with E-state index in [2.05, 4.69) is 98.9 Å². The van der Waals surface area contributed by atoms with Gasteiger partial charge in [-0.25, -0.2) is 4.57 Å². The van der Waals surface area contributed by atoms with Crippen LogP contribution in [0.3, 0.4) is 0 Å². The molecule has 10 heteroatoms. The molecule has 0 spiro atoms. The summed E-state index contributed by atoms with van der Waals surface area (Å²) in [5.41, 5.74) is 0. The zero-order chi connectivity index (χ0) is 50.6. The normalized spacial score (nSPS) is 14.0. The van der Waals surface area contributed by atoms with Gasteiger partial charge >= 0.3 is 19.8 Å². The zero-order valence-electron chi connectivity index (χ0n) is 45.0. The number of nitrogens with zero attached hydrogens (tertiary/aromatic N) is 1. The molecule has 0 heterocycles. The predicted octanol–water partition coefficient (Wildman–Crippen LogP) is 17.1. The van der Waals surface area contributed by atoms with Gasteiger partial charge in [-0.1, -0.05) is 208 Å². The number of esters is 2. The van der Waals surface area contributed by atoms with E-state index in [1.54, 1.807) is 0 Å². The fourth-order valence-electron chi connectivity index (χ4n) is 7.37. The number of rotatable bonds is 50. The lowest BCUT2D eigenvalue weighted by molar-refractivity contribution is -0.870. The van der Waals surface area contributed by atoms with Gasteiger partial charge in [-0.2, -0.15) is 0 Å². The lowest BCUT2D eigenvalue weighted by Crippen LogP contribution is -2.37. The van der Waals surface area contributed by atoms with E-state index in [9.17, 15) is 19.0 Å². The van der Waals surface area contributed by atoms with E-state index >= 15 is 0 Å². The first-order valence-corrected chi connectivity index (χ1v) is 29.3. The molecule has 398 valence electrons. The Kier molecular flexibility index (Phi) is 48.1. The second-order valence-corrected chi connectivity index (χ2v) is 21.0. The van der Waals surface area contributed by atoms with Gasteiger partial charge < -0.3 is 18.9 Å². The number of phosphoric acid groups is 1. The van der Waals surface area contributed by atoms with Crippen molar-refractivity contribution < 1.29 is 42.1 Å². The highest BCUT2D eigenvalue weighted by Crippen LogP contribution is 2.43. The van der Waals surface area contributed by atoms with Crippen molar-refractivity contribution in [3.05, 3.63) is 85.1 Å². The average Bonchev–Trinajstić information content (AvgIpc) is 3.31. The molecule has 0 aliphatic heterocycles. The van der Waals surface area contributed by atoms with Crippen molar-refractivity contribution in [2.24, 2.45) is 0 Å². The lowest BCUT2D eigenvalue weighted by atomic mass is 10.0. The van der Waals surface area contributed by atoms with Crippen LogP contribution in [0.4, 0.5) is 0 Å². The first kappa shape index (κ1) is 66.2. The minimum absolute atomic E-state index is 0.0272. The van der Waals surface area contributed by atoms with Crippen molar-refractivity contribution >= 4 is 19.8 Å². The molecular formula is C59H105NO8P+. The summed E-state index contributed by atoms with van der Waals surface area (Å²) in [5.74, 6) is -0.811. The van der Waals surface area contributed by atoms with Gasteiger partial charge in [-0.3, -0.25) is 18.6 Å². The van der Waals surface area contributed by atoms with Crippen LogP contribution in [0.2, 0.25) is 0 Å². The van der Waals surface area contributed by atoms with Gasteiger partial charge in [0, 0.05) is 12.8 Å². The smallest absolute Gasteiger partial charge is 0.462 e. The van der Waals surface area contributed by atoms with Gasteiger partial charge in [0.15, 0.2) is 6.10 Å². The van der Waals surface area contributed by atoms with Crippen LogP contribution in [0.15, 0.2) is 85.1 Å². The first-order valence-electron chi connectivity index (χ1n) is 27.8. The Labute approximate surface area is 424 Å². The number of phosphoric ester groups is 1. The van der Waals surface area contributed by atoms with Crippen LogP contribution < -0.4 is 0 Å². The maximum atomic E-state index is 12.8. The van der Waals surface area contributed by atoms with E-state index in [0.717, 1.165) is 96.3 Å². The molecule has 0 rings (SSSR count). The van der Waals surface area contributed by atoms with Gasteiger partial charge in [-0.15, -0.1) is 0 Å². The fourth-order valence-corrected chi connectivity index (χ4v) is 8.11. The van der Waals surface area contributed by atoms with Crippen LogP contribution in [-0.4, -0.2) is 74.9 Å². The minimum Gasteiger partial charge on any atom is -0.462 e. The molecule has 2 atom stereocenters. The van der Waals surface area contributed by atoms with Gasteiger partial charge in [0.25, 0.3) is 0 Å². The van der Waals surface area contributed by atoms with Gasteiger partial charge in [0.05, 0.1) is 27.7 Å². The van der Waals surface area contributed by atoms with Gasteiger partial charge in [0.2, 0.25) is 0 Å². The van der Waals surface area contributed by atoms with Crippen molar-refractivity contribution in [2.45, 2.75) is 232 Å². The Morgan fingerprint density at radius 3 is 1.25 bits per heavy atom. The Balaban J connectivity index is 4.14. The second kappa shape index (κ2) is 50.1. The molecule has 0 radical (unpaired) electrons. The number of quaternary nitrogens is 1. The number of carbonyl (C=O) groups is 2. The maximum absolute atomic E-state index is 12.8. The van der Waals surface area contributed by atoms with Crippen LogP contribution >= 0.6 is 7.82 Å². The molecule has 69 heavy (non-hydrogen) atoms.